The third-order valence-electron chi connectivity index (χ3n) is 7.65. The molecule has 166 valence electrons. The second-order valence-electron chi connectivity index (χ2n) is 9.56. The summed E-state index contributed by atoms with van der Waals surface area (Å²) in [6, 6.07) is 19.6. The minimum absolute atomic E-state index is 0.368. The quantitative estimate of drug-likeness (QED) is 0.518. The number of anilines is 1. The molecule has 0 unspecified atom stereocenters. The summed E-state index contributed by atoms with van der Waals surface area (Å²) in [5.74, 6) is 1.44. The summed E-state index contributed by atoms with van der Waals surface area (Å²) >= 11 is 6.37. The molecule has 0 radical (unpaired) electrons. The van der Waals surface area contributed by atoms with Crippen LogP contribution < -0.4 is 4.90 Å². The number of likely N-dealkylation sites (tertiary alicyclic amines) is 1. The average molecular weight is 446 g/mol. The molecule has 2 aromatic carbocycles. The smallest absolute Gasteiger partial charge is 0.108 e. The van der Waals surface area contributed by atoms with Gasteiger partial charge in [-0.2, -0.15) is 5.26 Å². The predicted molar refractivity (Wildman–Crippen MR) is 132 cm³/mol. The minimum Gasteiger partial charge on any atom is -0.358 e. The summed E-state index contributed by atoms with van der Waals surface area (Å²) in [4.78, 5) is 5.20. The number of nitrogens with zero attached hydrogens (tertiary/aromatic N) is 3. The van der Waals surface area contributed by atoms with Gasteiger partial charge in [0, 0.05) is 30.3 Å². The van der Waals surface area contributed by atoms with Crippen LogP contribution in [0.15, 0.2) is 59.9 Å². The molecule has 32 heavy (non-hydrogen) atoms. The topological polar surface area (TPSA) is 30.3 Å². The molecule has 1 saturated carbocycles. The Labute approximate surface area is 197 Å². The van der Waals surface area contributed by atoms with E-state index in [1.165, 1.54) is 61.2 Å². The van der Waals surface area contributed by atoms with Crippen molar-refractivity contribution in [3.05, 3.63) is 76.1 Å². The van der Waals surface area contributed by atoms with Crippen molar-refractivity contribution in [3.8, 4) is 6.07 Å². The van der Waals surface area contributed by atoms with E-state index in [0.29, 0.717) is 0 Å². The van der Waals surface area contributed by atoms with Crippen LogP contribution in [0.1, 0.15) is 62.5 Å². The number of hydrogen-bond acceptors (Lipinski definition) is 3. The molecule has 2 aromatic rings. The van der Waals surface area contributed by atoms with Crippen molar-refractivity contribution in [2.24, 2.45) is 0 Å². The maximum Gasteiger partial charge on any atom is 0.108 e. The van der Waals surface area contributed by atoms with Gasteiger partial charge in [-0.25, -0.2) is 0 Å². The SMILES string of the molecule is N#CC1(c2ccccc2)CCN(C(=C2CCCC2)N2CCCCc3cc(Cl)ccc32)CC1. The third kappa shape index (κ3) is 4.02. The maximum atomic E-state index is 10.2. The lowest BCUT2D eigenvalue weighted by Crippen LogP contribution is -2.46. The van der Waals surface area contributed by atoms with E-state index in [4.69, 9.17) is 11.6 Å². The van der Waals surface area contributed by atoms with Crippen molar-refractivity contribution in [1.82, 2.24) is 4.90 Å². The first-order chi connectivity index (χ1) is 15.7. The van der Waals surface area contributed by atoms with Crippen LogP contribution in [0.5, 0.6) is 0 Å². The van der Waals surface area contributed by atoms with Crippen LogP contribution in [0.2, 0.25) is 5.02 Å². The summed E-state index contributed by atoms with van der Waals surface area (Å²) in [5, 5.41) is 11.0. The van der Waals surface area contributed by atoms with Gasteiger partial charge in [0.1, 0.15) is 5.82 Å². The molecule has 3 nitrogen and oxygen atoms in total. The van der Waals surface area contributed by atoms with Crippen LogP contribution in [-0.2, 0) is 11.8 Å². The molecule has 3 aliphatic rings. The average Bonchev–Trinajstić information content (AvgIpc) is 3.29. The van der Waals surface area contributed by atoms with E-state index in [1.54, 1.807) is 5.57 Å². The molecule has 0 N–H and O–H groups in total. The summed E-state index contributed by atoms with van der Waals surface area (Å²) in [6.07, 6.45) is 10.2. The predicted octanol–water partition coefficient (Wildman–Crippen LogP) is 6.83. The van der Waals surface area contributed by atoms with Gasteiger partial charge in [0.25, 0.3) is 0 Å². The van der Waals surface area contributed by atoms with Gasteiger partial charge in [0.05, 0.1) is 11.5 Å². The van der Waals surface area contributed by atoms with E-state index >= 15 is 0 Å². The highest BCUT2D eigenvalue weighted by atomic mass is 35.5. The Kier molecular flexibility index (Phi) is 6.15. The monoisotopic (exact) mass is 445 g/mol. The molecular formula is C28H32ClN3. The third-order valence-corrected chi connectivity index (χ3v) is 7.88. The molecule has 5 rings (SSSR count). The van der Waals surface area contributed by atoms with Crippen molar-refractivity contribution in [2.75, 3.05) is 24.5 Å². The van der Waals surface area contributed by atoms with E-state index in [9.17, 15) is 5.26 Å². The highest BCUT2D eigenvalue weighted by Crippen LogP contribution is 2.41. The van der Waals surface area contributed by atoms with E-state index < -0.39 is 0 Å². The van der Waals surface area contributed by atoms with Crippen molar-refractivity contribution >= 4 is 17.3 Å². The number of piperidine rings is 1. The molecule has 0 aromatic heterocycles. The van der Waals surface area contributed by atoms with E-state index in [2.05, 4.69) is 52.3 Å². The summed E-state index contributed by atoms with van der Waals surface area (Å²) < 4.78 is 0. The van der Waals surface area contributed by atoms with E-state index in [1.807, 2.05) is 12.1 Å². The number of allylic oxidation sites excluding steroid dienone is 1. The van der Waals surface area contributed by atoms with E-state index in [-0.39, 0.29) is 5.41 Å². The van der Waals surface area contributed by atoms with Crippen molar-refractivity contribution in [3.63, 3.8) is 0 Å². The number of nitriles is 1. The lowest BCUT2D eigenvalue weighted by Gasteiger charge is -2.44. The van der Waals surface area contributed by atoms with Gasteiger partial charge < -0.3 is 9.80 Å². The number of fused-ring (bicyclic) bond motifs is 1. The van der Waals surface area contributed by atoms with Crippen LogP contribution in [0.25, 0.3) is 0 Å². The highest BCUT2D eigenvalue weighted by Gasteiger charge is 2.38. The second-order valence-corrected chi connectivity index (χ2v) is 10.00. The van der Waals surface area contributed by atoms with Gasteiger partial charge in [-0.05, 0) is 92.7 Å². The van der Waals surface area contributed by atoms with Crippen LogP contribution in [0, 0.1) is 11.3 Å². The number of aryl methyl sites for hydroxylation is 1. The normalized spacial score (nSPS) is 20.4. The standard InChI is InChI=1S/C28H32ClN3/c29-25-13-14-26-23(20-25)10-6-7-17-32(26)27(22-8-4-5-9-22)31-18-15-28(21-30,16-19-31)24-11-2-1-3-12-24/h1-3,11-14,20H,4-10,15-19H2. The number of rotatable bonds is 3. The Morgan fingerprint density at radius 1 is 0.875 bits per heavy atom. The summed E-state index contributed by atoms with van der Waals surface area (Å²) in [6.45, 7) is 2.92. The van der Waals surface area contributed by atoms with Gasteiger partial charge in [-0.15, -0.1) is 0 Å². The first-order valence-corrected chi connectivity index (χ1v) is 12.6. The molecule has 0 bridgehead atoms. The second kappa shape index (κ2) is 9.20. The molecule has 1 saturated heterocycles. The number of hydrogen-bond donors (Lipinski definition) is 0. The number of halogens is 1. The largest absolute Gasteiger partial charge is 0.358 e. The van der Waals surface area contributed by atoms with Gasteiger partial charge in [0.2, 0.25) is 0 Å². The van der Waals surface area contributed by atoms with Gasteiger partial charge in [-0.1, -0.05) is 41.9 Å². The Bertz CT molecular complexity index is 1020. The molecule has 0 amide bonds. The Balaban J connectivity index is 1.48. The summed E-state index contributed by atoms with van der Waals surface area (Å²) in [5.41, 5.74) is 5.12. The Hall–Kier alpha value is -2.44. The Morgan fingerprint density at radius 2 is 1.59 bits per heavy atom. The summed E-state index contributed by atoms with van der Waals surface area (Å²) in [7, 11) is 0. The zero-order valence-electron chi connectivity index (χ0n) is 18.8. The van der Waals surface area contributed by atoms with Crippen LogP contribution in [-0.4, -0.2) is 24.5 Å². The van der Waals surface area contributed by atoms with E-state index in [0.717, 1.165) is 43.9 Å². The molecule has 0 atom stereocenters. The van der Waals surface area contributed by atoms with Gasteiger partial charge >= 0.3 is 0 Å². The fraction of sp³-hybridized carbons (Fsp3) is 0.464. The maximum absolute atomic E-state index is 10.2. The first kappa shape index (κ1) is 21.4. The van der Waals surface area contributed by atoms with Crippen molar-refractivity contribution < 1.29 is 0 Å². The molecule has 2 fully saturated rings. The Morgan fingerprint density at radius 3 is 2.31 bits per heavy atom. The molecule has 0 spiro atoms. The molecule has 4 heteroatoms. The van der Waals surface area contributed by atoms with Crippen LogP contribution in [0.3, 0.4) is 0 Å². The van der Waals surface area contributed by atoms with Crippen LogP contribution in [0.4, 0.5) is 5.69 Å². The first-order valence-electron chi connectivity index (χ1n) is 12.2. The minimum atomic E-state index is -0.368. The number of benzene rings is 2. The molecular weight excluding hydrogens is 414 g/mol. The fourth-order valence-electron chi connectivity index (χ4n) is 5.88. The van der Waals surface area contributed by atoms with Gasteiger partial charge in [-0.3, -0.25) is 0 Å². The molecule has 2 aliphatic heterocycles. The molecule has 1 aliphatic carbocycles. The van der Waals surface area contributed by atoms with Gasteiger partial charge in [0.15, 0.2) is 0 Å². The zero-order chi connectivity index (χ0) is 22.0. The lowest BCUT2D eigenvalue weighted by molar-refractivity contribution is 0.221. The fourth-order valence-corrected chi connectivity index (χ4v) is 6.07. The van der Waals surface area contributed by atoms with Crippen molar-refractivity contribution in [1.29, 1.82) is 5.26 Å². The van der Waals surface area contributed by atoms with Crippen LogP contribution >= 0.6 is 11.6 Å². The highest BCUT2D eigenvalue weighted by molar-refractivity contribution is 6.30. The van der Waals surface area contributed by atoms with Crippen molar-refractivity contribution in [2.45, 2.75) is 63.2 Å². The molecule has 2 heterocycles. The lowest BCUT2D eigenvalue weighted by atomic mass is 9.74. The zero-order valence-corrected chi connectivity index (χ0v) is 19.6.